The average molecular weight is 329 g/mol. The van der Waals surface area contributed by atoms with Gasteiger partial charge < -0.3 is 15.0 Å². The highest BCUT2D eigenvalue weighted by molar-refractivity contribution is 6.08. The molecule has 2 aromatic rings. The van der Waals surface area contributed by atoms with Crippen LogP contribution < -0.4 is 5.73 Å². The number of imide groups is 1. The van der Waals surface area contributed by atoms with E-state index < -0.39 is 17.6 Å². The van der Waals surface area contributed by atoms with Crippen LogP contribution in [0.5, 0.6) is 0 Å². The van der Waals surface area contributed by atoms with Crippen LogP contribution in [-0.2, 0) is 11.2 Å². The Labute approximate surface area is 139 Å². The molecule has 3 rings (SSSR count). The number of anilines is 1. The van der Waals surface area contributed by atoms with Crippen LogP contribution in [0.25, 0.3) is 11.3 Å². The molecule has 0 saturated heterocycles. The van der Waals surface area contributed by atoms with Crippen molar-refractivity contribution in [3.8, 4) is 11.3 Å². The van der Waals surface area contributed by atoms with E-state index in [4.69, 9.17) is 15.0 Å². The molecule has 0 spiro atoms. The fraction of sp³-hybridized carbons (Fsp3) is 0.353. The minimum atomic E-state index is -0.675. The van der Waals surface area contributed by atoms with Crippen LogP contribution in [0.15, 0.2) is 28.8 Å². The molecule has 24 heavy (non-hydrogen) atoms. The van der Waals surface area contributed by atoms with Gasteiger partial charge in [0, 0.05) is 24.2 Å². The summed E-state index contributed by atoms with van der Waals surface area (Å²) in [5.74, 6) is 0.0187. The van der Waals surface area contributed by atoms with Crippen molar-refractivity contribution in [2.24, 2.45) is 0 Å². The number of amides is 2. The normalized spacial score (nSPS) is 14.5. The number of benzene rings is 1. The molecule has 1 aliphatic rings. The second-order valence-corrected chi connectivity index (χ2v) is 6.64. The van der Waals surface area contributed by atoms with Gasteiger partial charge in [-0.3, -0.25) is 4.79 Å². The van der Waals surface area contributed by atoms with Gasteiger partial charge in [-0.2, -0.15) is 0 Å². The Morgan fingerprint density at radius 3 is 2.58 bits per heavy atom. The minimum absolute atomic E-state index is 0.205. The Morgan fingerprint density at radius 1 is 1.29 bits per heavy atom. The summed E-state index contributed by atoms with van der Waals surface area (Å²) in [6.07, 6.45) is -0.259. The molecular weight excluding hydrogens is 310 g/mol. The third kappa shape index (κ3) is 2.97. The van der Waals surface area contributed by atoms with E-state index in [-0.39, 0.29) is 6.54 Å². The first-order valence-corrected chi connectivity index (χ1v) is 7.65. The van der Waals surface area contributed by atoms with Gasteiger partial charge in [0.15, 0.2) is 5.76 Å². The smallest absolute Gasteiger partial charge is 0.417 e. The molecule has 0 fully saturated rings. The molecule has 2 N–H and O–H groups in total. The average Bonchev–Trinajstić information content (AvgIpc) is 2.91. The monoisotopic (exact) mass is 329 g/mol. The first-order valence-electron chi connectivity index (χ1n) is 7.65. The molecule has 0 radical (unpaired) electrons. The number of aromatic nitrogens is 1. The molecule has 7 heteroatoms. The minimum Gasteiger partial charge on any atom is -0.443 e. The number of ether oxygens (including phenoxy) is 1. The lowest BCUT2D eigenvalue weighted by Crippen LogP contribution is -2.44. The van der Waals surface area contributed by atoms with Gasteiger partial charge in [-0.25, -0.2) is 9.69 Å². The molecule has 0 saturated carbocycles. The van der Waals surface area contributed by atoms with Crippen LogP contribution in [0.4, 0.5) is 10.5 Å². The summed E-state index contributed by atoms with van der Waals surface area (Å²) < 4.78 is 10.6. The number of rotatable bonds is 1. The quantitative estimate of drug-likeness (QED) is 0.808. The van der Waals surface area contributed by atoms with Crippen molar-refractivity contribution in [3.05, 3.63) is 35.6 Å². The molecule has 0 unspecified atom stereocenters. The van der Waals surface area contributed by atoms with Crippen molar-refractivity contribution >= 4 is 17.7 Å². The van der Waals surface area contributed by atoms with Gasteiger partial charge in [-0.05, 0) is 32.9 Å². The van der Waals surface area contributed by atoms with E-state index >= 15 is 0 Å². The first kappa shape index (κ1) is 16.0. The Kier molecular flexibility index (Phi) is 3.79. The van der Waals surface area contributed by atoms with Crippen LogP contribution in [0, 0.1) is 0 Å². The van der Waals surface area contributed by atoms with Gasteiger partial charge in [0.05, 0.1) is 0 Å². The van der Waals surface area contributed by atoms with Crippen molar-refractivity contribution in [1.82, 2.24) is 10.1 Å². The van der Waals surface area contributed by atoms with E-state index in [1.807, 2.05) is 0 Å². The Balaban J connectivity index is 1.94. The zero-order valence-electron chi connectivity index (χ0n) is 13.8. The van der Waals surface area contributed by atoms with Crippen LogP contribution in [-0.4, -0.2) is 34.2 Å². The molecule has 7 nitrogen and oxygen atoms in total. The van der Waals surface area contributed by atoms with Gasteiger partial charge in [0.1, 0.15) is 16.9 Å². The van der Waals surface area contributed by atoms with Crippen LogP contribution in [0.1, 0.15) is 36.9 Å². The Bertz CT molecular complexity index is 787. The van der Waals surface area contributed by atoms with E-state index in [9.17, 15) is 9.59 Å². The SMILES string of the molecule is CC(C)(C)OC(=O)N1CCc2onc(-c3ccc(N)cc3)c2C1=O. The maximum atomic E-state index is 12.8. The number of nitrogens with two attached hydrogens (primary N) is 1. The summed E-state index contributed by atoms with van der Waals surface area (Å²) in [5, 5.41) is 4.00. The van der Waals surface area contributed by atoms with Crippen molar-refractivity contribution in [3.63, 3.8) is 0 Å². The summed E-state index contributed by atoms with van der Waals surface area (Å²) in [6.45, 7) is 5.47. The van der Waals surface area contributed by atoms with E-state index in [2.05, 4.69) is 5.16 Å². The number of nitrogen functional groups attached to an aromatic ring is 1. The number of hydrogen-bond acceptors (Lipinski definition) is 6. The zero-order valence-corrected chi connectivity index (χ0v) is 13.8. The van der Waals surface area contributed by atoms with E-state index in [0.717, 1.165) is 4.90 Å². The van der Waals surface area contributed by atoms with Gasteiger partial charge in [-0.1, -0.05) is 17.3 Å². The van der Waals surface area contributed by atoms with E-state index in [0.29, 0.717) is 34.7 Å². The highest BCUT2D eigenvalue weighted by Crippen LogP contribution is 2.31. The van der Waals surface area contributed by atoms with E-state index in [1.165, 1.54) is 0 Å². The second-order valence-electron chi connectivity index (χ2n) is 6.64. The summed E-state index contributed by atoms with van der Waals surface area (Å²) in [6, 6.07) is 6.95. The number of hydrogen-bond donors (Lipinski definition) is 1. The molecule has 2 heterocycles. The maximum absolute atomic E-state index is 12.8. The first-order chi connectivity index (χ1) is 11.3. The maximum Gasteiger partial charge on any atom is 0.417 e. The molecule has 2 amide bonds. The number of carbonyl (C=O) groups excluding carboxylic acids is 2. The Morgan fingerprint density at radius 2 is 1.96 bits per heavy atom. The summed E-state index contributed by atoms with van der Waals surface area (Å²) >= 11 is 0. The molecule has 126 valence electrons. The third-order valence-electron chi connectivity index (χ3n) is 3.58. The highest BCUT2D eigenvalue weighted by atomic mass is 16.6. The molecular formula is C17H19N3O4. The lowest BCUT2D eigenvalue weighted by molar-refractivity contribution is 0.0229. The third-order valence-corrected chi connectivity index (χ3v) is 3.58. The van der Waals surface area contributed by atoms with Crippen LogP contribution in [0.3, 0.4) is 0 Å². The van der Waals surface area contributed by atoms with Crippen molar-refractivity contribution in [1.29, 1.82) is 0 Å². The number of fused-ring (bicyclic) bond motifs is 1. The number of nitrogens with zero attached hydrogens (tertiary/aromatic N) is 2. The molecule has 0 aliphatic carbocycles. The van der Waals surface area contributed by atoms with Gasteiger partial charge in [0.25, 0.3) is 5.91 Å². The zero-order chi connectivity index (χ0) is 17.5. The highest BCUT2D eigenvalue weighted by Gasteiger charge is 2.37. The molecule has 1 aliphatic heterocycles. The lowest BCUT2D eigenvalue weighted by atomic mass is 10.0. The van der Waals surface area contributed by atoms with Gasteiger partial charge in [-0.15, -0.1) is 0 Å². The summed E-state index contributed by atoms with van der Waals surface area (Å²) in [5.41, 5.74) is 7.03. The summed E-state index contributed by atoms with van der Waals surface area (Å²) in [4.78, 5) is 26.1. The summed E-state index contributed by atoms with van der Waals surface area (Å²) in [7, 11) is 0. The molecule has 0 atom stereocenters. The van der Waals surface area contributed by atoms with Gasteiger partial charge in [0.2, 0.25) is 0 Å². The van der Waals surface area contributed by atoms with Crippen molar-refractivity contribution in [2.45, 2.75) is 32.8 Å². The number of carbonyl (C=O) groups is 2. The van der Waals surface area contributed by atoms with Crippen LogP contribution >= 0.6 is 0 Å². The van der Waals surface area contributed by atoms with Crippen molar-refractivity contribution in [2.75, 3.05) is 12.3 Å². The molecule has 1 aromatic carbocycles. The van der Waals surface area contributed by atoms with Gasteiger partial charge >= 0.3 is 6.09 Å². The fourth-order valence-electron chi connectivity index (χ4n) is 2.49. The lowest BCUT2D eigenvalue weighted by Gasteiger charge is -2.28. The molecule has 1 aromatic heterocycles. The standard InChI is InChI=1S/C17H19N3O4/c1-17(2,3)23-16(22)20-9-8-12-13(15(20)21)14(19-24-12)10-4-6-11(18)7-5-10/h4-7H,8-9,18H2,1-3H3. The van der Waals surface area contributed by atoms with Crippen LogP contribution in [0.2, 0.25) is 0 Å². The second kappa shape index (κ2) is 5.67. The predicted octanol–water partition coefficient (Wildman–Crippen LogP) is 2.86. The molecule has 0 bridgehead atoms. The predicted molar refractivity (Wildman–Crippen MR) is 87.3 cm³/mol. The Hall–Kier alpha value is -2.83. The van der Waals surface area contributed by atoms with E-state index in [1.54, 1.807) is 45.0 Å². The van der Waals surface area contributed by atoms with Crippen molar-refractivity contribution < 1.29 is 18.8 Å². The largest absolute Gasteiger partial charge is 0.443 e. The fourth-order valence-corrected chi connectivity index (χ4v) is 2.49. The topological polar surface area (TPSA) is 98.7 Å².